The van der Waals surface area contributed by atoms with Crippen LogP contribution in [0.1, 0.15) is 17.2 Å². The summed E-state index contributed by atoms with van der Waals surface area (Å²) in [4.78, 5) is 11.4. The Hall–Kier alpha value is -2.04. The molecule has 0 saturated heterocycles. The molecule has 0 aliphatic rings. The van der Waals surface area contributed by atoms with Crippen molar-refractivity contribution in [3.05, 3.63) is 64.7 Å². The van der Waals surface area contributed by atoms with Gasteiger partial charge in [-0.15, -0.1) is 0 Å². The van der Waals surface area contributed by atoms with E-state index in [1.165, 1.54) is 7.11 Å². The molecule has 1 unspecified atom stereocenters. The number of nitrogens with two attached hydrogens (primary N) is 1. The van der Waals surface area contributed by atoms with Gasteiger partial charge in [-0.2, -0.15) is 0 Å². The number of methoxy groups -OCH3 is 1. The van der Waals surface area contributed by atoms with Gasteiger partial charge in [0.15, 0.2) is 0 Å². The van der Waals surface area contributed by atoms with Crippen LogP contribution < -0.4 is 11.1 Å². The van der Waals surface area contributed by atoms with Gasteiger partial charge in [0.25, 0.3) is 0 Å². The molecule has 110 valence electrons. The molecular formula is C16H17ClN2O2. The summed E-state index contributed by atoms with van der Waals surface area (Å²) in [5.41, 5.74) is 8.59. The minimum absolute atomic E-state index is 0.0954. The molecule has 0 heterocycles. The highest BCUT2D eigenvalue weighted by atomic mass is 35.5. The van der Waals surface area contributed by atoms with Crippen molar-refractivity contribution in [1.29, 1.82) is 0 Å². The minimum Gasteiger partial charge on any atom is -0.468 e. The van der Waals surface area contributed by atoms with E-state index in [9.17, 15) is 4.79 Å². The zero-order chi connectivity index (χ0) is 15.2. The molecule has 5 heteroatoms. The average molecular weight is 305 g/mol. The molecule has 0 bridgehead atoms. The molecule has 0 aromatic heterocycles. The number of ether oxygens (including phenoxy) is 1. The highest BCUT2D eigenvalue weighted by Crippen LogP contribution is 2.27. The number of hydrogen-bond acceptors (Lipinski definition) is 4. The number of benzene rings is 2. The van der Waals surface area contributed by atoms with E-state index in [0.29, 0.717) is 10.7 Å². The Morgan fingerprint density at radius 2 is 1.90 bits per heavy atom. The van der Waals surface area contributed by atoms with Gasteiger partial charge in [0.1, 0.15) is 0 Å². The summed E-state index contributed by atoms with van der Waals surface area (Å²) in [7, 11) is 1.36. The molecule has 1 atom stereocenters. The van der Waals surface area contributed by atoms with Gasteiger partial charge in [0.05, 0.1) is 19.7 Å². The van der Waals surface area contributed by atoms with Crippen molar-refractivity contribution in [2.45, 2.75) is 6.04 Å². The molecule has 0 aliphatic carbocycles. The smallest absolute Gasteiger partial charge is 0.319 e. The molecule has 2 aromatic rings. The zero-order valence-corrected chi connectivity index (χ0v) is 12.4. The summed E-state index contributed by atoms with van der Waals surface area (Å²) >= 11 is 5.92. The summed E-state index contributed by atoms with van der Waals surface area (Å²) in [6.45, 7) is 0.0954. The predicted molar refractivity (Wildman–Crippen MR) is 84.2 cm³/mol. The maximum atomic E-state index is 11.4. The van der Waals surface area contributed by atoms with E-state index in [4.69, 9.17) is 17.3 Å². The summed E-state index contributed by atoms with van der Waals surface area (Å²) in [6, 6.07) is 14.8. The first-order valence-corrected chi connectivity index (χ1v) is 6.89. The van der Waals surface area contributed by atoms with E-state index in [-0.39, 0.29) is 18.6 Å². The molecule has 21 heavy (non-hydrogen) atoms. The fourth-order valence-electron chi connectivity index (χ4n) is 2.09. The van der Waals surface area contributed by atoms with Gasteiger partial charge >= 0.3 is 5.97 Å². The normalized spacial score (nSPS) is 11.9. The van der Waals surface area contributed by atoms with Crippen LogP contribution in [0.3, 0.4) is 0 Å². The summed E-state index contributed by atoms with van der Waals surface area (Å²) in [5, 5.41) is 3.82. The van der Waals surface area contributed by atoms with Crippen LogP contribution in [0.15, 0.2) is 48.5 Å². The standard InChI is InChI=1S/C16H17ClN2O2/c1-21-15(20)10-19-16(11-6-8-12(17)9-7-11)13-4-2-3-5-14(13)18/h2-9,16,19H,10,18H2,1H3. The van der Waals surface area contributed by atoms with Gasteiger partial charge in [-0.05, 0) is 29.3 Å². The van der Waals surface area contributed by atoms with E-state index in [1.54, 1.807) is 0 Å². The molecule has 2 aromatic carbocycles. The van der Waals surface area contributed by atoms with Gasteiger partial charge in [-0.25, -0.2) is 0 Å². The molecule has 0 radical (unpaired) electrons. The highest BCUT2D eigenvalue weighted by Gasteiger charge is 2.17. The third-order valence-electron chi connectivity index (χ3n) is 3.19. The van der Waals surface area contributed by atoms with E-state index in [1.807, 2.05) is 48.5 Å². The number of carbonyl (C=O) groups excluding carboxylic acids is 1. The number of carbonyl (C=O) groups is 1. The zero-order valence-electron chi connectivity index (χ0n) is 11.7. The first kappa shape index (κ1) is 15.4. The Morgan fingerprint density at radius 1 is 1.24 bits per heavy atom. The van der Waals surface area contributed by atoms with Crippen LogP contribution >= 0.6 is 11.6 Å². The second-order valence-corrected chi connectivity index (χ2v) is 5.01. The Kier molecular flexibility index (Phi) is 5.20. The maximum absolute atomic E-state index is 11.4. The summed E-state index contributed by atoms with van der Waals surface area (Å²) in [5.74, 6) is -0.330. The molecule has 0 amide bonds. The Bertz CT molecular complexity index is 614. The fourth-order valence-corrected chi connectivity index (χ4v) is 2.22. The number of para-hydroxylation sites is 1. The third-order valence-corrected chi connectivity index (χ3v) is 3.44. The lowest BCUT2D eigenvalue weighted by Crippen LogP contribution is -2.29. The molecule has 2 rings (SSSR count). The Labute approximate surface area is 128 Å². The number of hydrogen-bond donors (Lipinski definition) is 2. The van der Waals surface area contributed by atoms with E-state index in [0.717, 1.165) is 11.1 Å². The minimum atomic E-state index is -0.330. The van der Waals surface area contributed by atoms with Gasteiger partial charge in [0.2, 0.25) is 0 Å². The topological polar surface area (TPSA) is 64.3 Å². The molecule has 0 spiro atoms. The monoisotopic (exact) mass is 304 g/mol. The number of anilines is 1. The van der Waals surface area contributed by atoms with Crippen LogP contribution in [0.2, 0.25) is 5.02 Å². The molecule has 3 N–H and O–H groups in total. The first-order valence-electron chi connectivity index (χ1n) is 6.52. The van der Waals surface area contributed by atoms with E-state index < -0.39 is 0 Å². The van der Waals surface area contributed by atoms with Crippen LogP contribution in [0.4, 0.5) is 5.69 Å². The van der Waals surface area contributed by atoms with Crippen LogP contribution in [-0.4, -0.2) is 19.6 Å². The Balaban J connectivity index is 2.32. The number of nitrogens with one attached hydrogen (secondary N) is 1. The number of nitrogen functional groups attached to an aromatic ring is 1. The van der Waals surface area contributed by atoms with Crippen molar-refractivity contribution >= 4 is 23.3 Å². The second kappa shape index (κ2) is 7.11. The second-order valence-electron chi connectivity index (χ2n) is 4.57. The highest BCUT2D eigenvalue weighted by molar-refractivity contribution is 6.30. The number of rotatable bonds is 5. The summed E-state index contributed by atoms with van der Waals surface area (Å²) < 4.78 is 4.67. The molecule has 0 saturated carbocycles. The van der Waals surface area contributed by atoms with E-state index in [2.05, 4.69) is 10.1 Å². The van der Waals surface area contributed by atoms with Crippen LogP contribution in [-0.2, 0) is 9.53 Å². The first-order chi connectivity index (χ1) is 10.1. The SMILES string of the molecule is COC(=O)CNC(c1ccc(Cl)cc1)c1ccccc1N. The van der Waals surface area contributed by atoms with Crippen molar-refractivity contribution < 1.29 is 9.53 Å². The average Bonchev–Trinajstić information content (AvgIpc) is 2.50. The maximum Gasteiger partial charge on any atom is 0.319 e. The van der Waals surface area contributed by atoms with Crippen molar-refractivity contribution in [1.82, 2.24) is 5.32 Å². The van der Waals surface area contributed by atoms with Crippen LogP contribution in [0.5, 0.6) is 0 Å². The molecule has 0 aliphatic heterocycles. The van der Waals surface area contributed by atoms with E-state index >= 15 is 0 Å². The largest absolute Gasteiger partial charge is 0.468 e. The van der Waals surface area contributed by atoms with Crippen molar-refractivity contribution in [2.75, 3.05) is 19.4 Å². The van der Waals surface area contributed by atoms with Gasteiger partial charge < -0.3 is 10.5 Å². The molecular weight excluding hydrogens is 288 g/mol. The predicted octanol–water partition coefficient (Wildman–Crippen LogP) is 2.77. The lowest BCUT2D eigenvalue weighted by molar-refractivity contribution is -0.139. The number of esters is 1. The van der Waals surface area contributed by atoms with Gasteiger partial charge in [-0.1, -0.05) is 41.9 Å². The molecule has 0 fully saturated rings. The number of halogens is 1. The van der Waals surface area contributed by atoms with Crippen molar-refractivity contribution in [2.24, 2.45) is 0 Å². The molecule has 4 nitrogen and oxygen atoms in total. The van der Waals surface area contributed by atoms with Crippen molar-refractivity contribution in [3.8, 4) is 0 Å². The fraction of sp³-hybridized carbons (Fsp3) is 0.188. The Morgan fingerprint density at radius 3 is 2.52 bits per heavy atom. The van der Waals surface area contributed by atoms with Crippen molar-refractivity contribution in [3.63, 3.8) is 0 Å². The lowest BCUT2D eigenvalue weighted by atomic mass is 9.97. The van der Waals surface area contributed by atoms with Gasteiger partial charge in [0, 0.05) is 10.7 Å². The summed E-state index contributed by atoms with van der Waals surface area (Å²) in [6.07, 6.45) is 0. The van der Waals surface area contributed by atoms with Crippen LogP contribution in [0, 0.1) is 0 Å². The lowest BCUT2D eigenvalue weighted by Gasteiger charge is -2.21. The van der Waals surface area contributed by atoms with Gasteiger partial charge in [-0.3, -0.25) is 10.1 Å². The third kappa shape index (κ3) is 3.97. The quantitative estimate of drug-likeness (QED) is 0.658. The van der Waals surface area contributed by atoms with Crippen LogP contribution in [0.25, 0.3) is 0 Å².